The van der Waals surface area contributed by atoms with E-state index in [1.165, 1.54) is 6.42 Å². The molecular weight excluding hydrogens is 277 g/mol. The van der Waals surface area contributed by atoms with Crippen molar-refractivity contribution in [2.75, 3.05) is 20.1 Å². The van der Waals surface area contributed by atoms with E-state index in [9.17, 15) is 4.79 Å². The van der Waals surface area contributed by atoms with Crippen LogP contribution in [0.2, 0.25) is 0 Å². The fourth-order valence-corrected chi connectivity index (χ4v) is 0.831. The average Bonchev–Trinajstić information content (AvgIpc) is 2.12. The van der Waals surface area contributed by atoms with Crippen molar-refractivity contribution in [1.82, 2.24) is 10.6 Å². The number of rotatable bonds is 6. The number of hydrogen-bond acceptors (Lipinski definition) is 2. The van der Waals surface area contributed by atoms with Crippen LogP contribution in [-0.2, 0) is 24.3 Å². The van der Waals surface area contributed by atoms with E-state index in [1.54, 1.807) is 0 Å². The Morgan fingerprint density at radius 2 is 1.67 bits per heavy atom. The van der Waals surface area contributed by atoms with Gasteiger partial charge in [-0.05, 0) is 26.4 Å². The van der Waals surface area contributed by atoms with Gasteiger partial charge in [-0.1, -0.05) is 13.3 Å². The van der Waals surface area contributed by atoms with E-state index in [2.05, 4.69) is 24.5 Å². The molecule has 0 unspecified atom stereocenters. The van der Waals surface area contributed by atoms with Crippen LogP contribution in [0.15, 0.2) is 0 Å². The summed E-state index contributed by atoms with van der Waals surface area (Å²) in [5, 5.41) is 5.72. The number of amides is 1. The van der Waals surface area contributed by atoms with E-state index in [-0.39, 0.29) is 25.4 Å². The molecule has 0 aromatic carbocycles. The Balaban J connectivity index is -0.000000320. The number of carbonyl (C=O) groups excluding carboxylic acids is 1. The molecule has 0 bridgehead atoms. The molecule has 1 amide bonds. The Labute approximate surface area is 108 Å². The van der Waals surface area contributed by atoms with Crippen LogP contribution in [0.1, 0.15) is 32.6 Å². The molecular formula is C11H24N2ORu. The second kappa shape index (κ2) is 19.5. The van der Waals surface area contributed by atoms with Gasteiger partial charge in [0.1, 0.15) is 0 Å². The largest absolute Gasteiger partial charge is 2.00 e. The molecule has 0 rings (SSSR count). The van der Waals surface area contributed by atoms with Gasteiger partial charge in [0.05, 0.1) is 5.91 Å². The van der Waals surface area contributed by atoms with Gasteiger partial charge in [0.15, 0.2) is 0 Å². The minimum Gasteiger partial charge on any atom is -0.381 e. The predicted molar refractivity (Wildman–Crippen MR) is 61.8 cm³/mol. The molecule has 4 heteroatoms. The molecule has 0 fully saturated rings. The van der Waals surface area contributed by atoms with Crippen molar-refractivity contribution in [3.05, 3.63) is 13.8 Å². The molecule has 0 spiro atoms. The topological polar surface area (TPSA) is 41.1 Å². The maximum atomic E-state index is 10.3. The van der Waals surface area contributed by atoms with Crippen molar-refractivity contribution in [2.24, 2.45) is 0 Å². The van der Waals surface area contributed by atoms with Gasteiger partial charge in [-0.3, -0.25) is 0 Å². The zero-order chi connectivity index (χ0) is 11.2. The van der Waals surface area contributed by atoms with Crippen LogP contribution in [0, 0.1) is 13.8 Å². The molecule has 0 aromatic heterocycles. The third-order valence-electron chi connectivity index (χ3n) is 1.43. The average molecular weight is 301 g/mol. The summed E-state index contributed by atoms with van der Waals surface area (Å²) < 4.78 is 0. The minimum absolute atomic E-state index is 0. The normalized spacial score (nSPS) is 8.20. The molecule has 2 N–H and O–H groups in total. The van der Waals surface area contributed by atoms with Crippen molar-refractivity contribution >= 4 is 5.91 Å². The molecule has 0 aromatic rings. The van der Waals surface area contributed by atoms with Gasteiger partial charge in [0.25, 0.3) is 0 Å². The smallest absolute Gasteiger partial charge is 0.381 e. The summed E-state index contributed by atoms with van der Waals surface area (Å²) in [6, 6.07) is 0. The Morgan fingerprint density at radius 1 is 1.20 bits per heavy atom. The number of nitrogens with one attached hydrogen (secondary N) is 2. The van der Waals surface area contributed by atoms with Crippen molar-refractivity contribution in [1.29, 1.82) is 0 Å². The van der Waals surface area contributed by atoms with Gasteiger partial charge in [0.2, 0.25) is 0 Å². The molecule has 3 nitrogen and oxygen atoms in total. The van der Waals surface area contributed by atoms with Gasteiger partial charge in [-0.2, -0.15) is 6.42 Å². The van der Waals surface area contributed by atoms with Crippen LogP contribution < -0.4 is 10.6 Å². The summed E-state index contributed by atoms with van der Waals surface area (Å²) in [5.74, 6) is -0.182. The van der Waals surface area contributed by atoms with E-state index < -0.39 is 0 Å². The third-order valence-corrected chi connectivity index (χ3v) is 1.43. The SMILES string of the molecule is [CH2-]C(=O)NCCCCCNC.[CH2-]CC.[Ru+2]. The maximum absolute atomic E-state index is 10.3. The molecule has 0 heterocycles. The van der Waals surface area contributed by atoms with Crippen molar-refractivity contribution in [2.45, 2.75) is 32.6 Å². The molecule has 0 saturated carbocycles. The second-order valence-corrected chi connectivity index (χ2v) is 3.01. The molecule has 92 valence electrons. The van der Waals surface area contributed by atoms with Crippen LogP contribution in [0.5, 0.6) is 0 Å². The first-order valence-corrected chi connectivity index (χ1v) is 5.22. The summed E-state index contributed by atoms with van der Waals surface area (Å²) in [6.07, 6.45) is 4.37. The van der Waals surface area contributed by atoms with E-state index >= 15 is 0 Å². The quantitative estimate of drug-likeness (QED) is 0.444. The zero-order valence-electron chi connectivity index (χ0n) is 9.92. The molecule has 0 aliphatic rings. The van der Waals surface area contributed by atoms with Crippen LogP contribution in [0.25, 0.3) is 0 Å². The first-order chi connectivity index (χ1) is 6.68. The molecule has 0 aliphatic carbocycles. The fourth-order valence-electron chi connectivity index (χ4n) is 0.831. The Morgan fingerprint density at radius 3 is 2.07 bits per heavy atom. The van der Waals surface area contributed by atoms with Gasteiger partial charge in [0, 0.05) is 6.54 Å². The predicted octanol–water partition coefficient (Wildman–Crippen LogP) is 1.55. The van der Waals surface area contributed by atoms with Crippen LogP contribution in [0.3, 0.4) is 0 Å². The first kappa shape index (κ1) is 20.3. The van der Waals surface area contributed by atoms with E-state index in [1.807, 2.05) is 14.0 Å². The summed E-state index contributed by atoms with van der Waals surface area (Å²) in [6.45, 7) is 10.5. The third kappa shape index (κ3) is 31.5. The number of carbonyl (C=O) groups is 1. The van der Waals surface area contributed by atoms with Crippen LogP contribution in [0.4, 0.5) is 0 Å². The van der Waals surface area contributed by atoms with Gasteiger partial charge >= 0.3 is 19.5 Å². The van der Waals surface area contributed by atoms with Gasteiger partial charge in [-0.15, -0.1) is 0 Å². The monoisotopic (exact) mass is 302 g/mol. The van der Waals surface area contributed by atoms with Crippen LogP contribution in [-0.4, -0.2) is 26.0 Å². The Kier molecular flexibility index (Phi) is 26.4. The first-order valence-electron chi connectivity index (χ1n) is 5.22. The standard InChI is InChI=1S/C8H17N2O.C3H7.Ru/c1-8(11)10-7-5-3-4-6-9-2;1-3-2;/h9H,1,3-7H2,2H3,(H,10,11);1,3H2,2H3;/q2*-1;+2. The second-order valence-electron chi connectivity index (χ2n) is 3.01. The summed E-state index contributed by atoms with van der Waals surface area (Å²) >= 11 is 0. The minimum atomic E-state index is -0.182. The number of unbranched alkanes of at least 4 members (excludes halogenated alkanes) is 2. The summed E-state index contributed by atoms with van der Waals surface area (Å²) in [5.41, 5.74) is 0. The summed E-state index contributed by atoms with van der Waals surface area (Å²) in [4.78, 5) is 10.3. The maximum Gasteiger partial charge on any atom is 2.00 e. The molecule has 0 aliphatic heterocycles. The summed E-state index contributed by atoms with van der Waals surface area (Å²) in [7, 11) is 1.94. The fraction of sp³-hybridized carbons (Fsp3) is 0.727. The van der Waals surface area contributed by atoms with E-state index in [0.29, 0.717) is 0 Å². The van der Waals surface area contributed by atoms with Crippen molar-refractivity contribution in [3.8, 4) is 0 Å². The Bertz CT molecular complexity index is 121. The van der Waals surface area contributed by atoms with Crippen LogP contribution >= 0.6 is 0 Å². The van der Waals surface area contributed by atoms with Crippen molar-refractivity contribution < 1.29 is 24.3 Å². The zero-order valence-corrected chi connectivity index (χ0v) is 11.7. The van der Waals surface area contributed by atoms with E-state index in [4.69, 9.17) is 0 Å². The van der Waals surface area contributed by atoms with Gasteiger partial charge in [-0.25, -0.2) is 0 Å². The molecule has 0 atom stereocenters. The Hall–Kier alpha value is -0.0766. The molecule has 0 radical (unpaired) electrons. The van der Waals surface area contributed by atoms with Crippen molar-refractivity contribution in [3.63, 3.8) is 0 Å². The number of hydrogen-bond donors (Lipinski definition) is 2. The molecule has 0 saturated heterocycles. The van der Waals surface area contributed by atoms with E-state index in [0.717, 1.165) is 32.4 Å². The molecule has 15 heavy (non-hydrogen) atoms. The van der Waals surface area contributed by atoms with Gasteiger partial charge < -0.3 is 29.3 Å².